The van der Waals surface area contributed by atoms with E-state index in [4.69, 9.17) is 14.5 Å². The Balaban J connectivity index is 1.36. The summed E-state index contributed by atoms with van der Waals surface area (Å²) in [5.74, 6) is 1.88. The van der Waals surface area contributed by atoms with E-state index in [0.29, 0.717) is 22.8 Å². The highest BCUT2D eigenvalue weighted by atomic mass is 32.1. The standard InChI is InChI=1S/C27H24N4O4S/c1-34-21-12-11-17(13-22(21)35-2)14-25-29-19-8-4-5-9-20(19)31(25)16-26(32)30-28-15-24-27(33)18-7-3-6-10-23(18)36-24/h3-13,15,33H,14,16H2,1-2H3,(H,30,32). The fourth-order valence-corrected chi connectivity index (χ4v) is 5.06. The Hall–Kier alpha value is -4.37. The van der Waals surface area contributed by atoms with E-state index in [9.17, 15) is 9.90 Å². The number of thiophene rings is 1. The number of hydrogen-bond acceptors (Lipinski definition) is 7. The van der Waals surface area contributed by atoms with Crippen LogP contribution in [0.3, 0.4) is 0 Å². The summed E-state index contributed by atoms with van der Waals surface area (Å²) in [6.45, 7) is 0.0406. The second-order valence-corrected chi connectivity index (χ2v) is 9.16. The Morgan fingerprint density at radius 3 is 2.67 bits per heavy atom. The molecule has 9 heteroatoms. The number of para-hydroxylation sites is 2. The van der Waals surface area contributed by atoms with E-state index in [1.54, 1.807) is 14.2 Å². The number of nitrogens with one attached hydrogen (secondary N) is 1. The lowest BCUT2D eigenvalue weighted by Gasteiger charge is -2.11. The van der Waals surface area contributed by atoms with Crippen molar-refractivity contribution in [3.63, 3.8) is 0 Å². The fourth-order valence-electron chi connectivity index (χ4n) is 4.09. The molecule has 0 bridgehead atoms. The zero-order valence-electron chi connectivity index (χ0n) is 19.8. The number of nitrogens with zero attached hydrogens (tertiary/aromatic N) is 3. The van der Waals surface area contributed by atoms with Gasteiger partial charge < -0.3 is 19.1 Å². The first-order chi connectivity index (χ1) is 17.6. The Morgan fingerprint density at radius 1 is 1.08 bits per heavy atom. The van der Waals surface area contributed by atoms with E-state index in [2.05, 4.69) is 10.5 Å². The Kier molecular flexibility index (Phi) is 6.55. The topological polar surface area (TPSA) is 98.0 Å². The average molecular weight is 501 g/mol. The summed E-state index contributed by atoms with van der Waals surface area (Å²) in [4.78, 5) is 18.2. The number of hydrazone groups is 1. The third-order valence-electron chi connectivity index (χ3n) is 5.81. The van der Waals surface area contributed by atoms with Crippen LogP contribution in [0.4, 0.5) is 0 Å². The van der Waals surface area contributed by atoms with Gasteiger partial charge in [0.1, 0.15) is 18.1 Å². The molecule has 0 aliphatic rings. The van der Waals surface area contributed by atoms with Crippen molar-refractivity contribution in [2.45, 2.75) is 13.0 Å². The number of benzene rings is 3. The first kappa shape index (κ1) is 23.4. The summed E-state index contributed by atoms with van der Waals surface area (Å²) < 4.78 is 13.6. The molecule has 2 heterocycles. The van der Waals surface area contributed by atoms with Crippen LogP contribution >= 0.6 is 11.3 Å². The molecule has 0 saturated heterocycles. The van der Waals surface area contributed by atoms with E-state index < -0.39 is 0 Å². The van der Waals surface area contributed by atoms with Crippen LogP contribution in [-0.2, 0) is 17.8 Å². The molecule has 0 spiro atoms. The SMILES string of the molecule is COc1ccc(Cc2nc3ccccc3n2CC(=O)NN=Cc2sc3ccccc3c2O)cc1OC. The Morgan fingerprint density at radius 2 is 1.86 bits per heavy atom. The monoisotopic (exact) mass is 500 g/mol. The summed E-state index contributed by atoms with van der Waals surface area (Å²) in [5, 5.41) is 15.2. The van der Waals surface area contributed by atoms with E-state index in [0.717, 1.165) is 32.5 Å². The minimum atomic E-state index is -0.302. The summed E-state index contributed by atoms with van der Waals surface area (Å²) in [7, 11) is 3.19. The molecule has 2 aromatic heterocycles. The van der Waals surface area contributed by atoms with Crippen molar-refractivity contribution in [3.05, 3.63) is 83.0 Å². The molecule has 182 valence electrons. The summed E-state index contributed by atoms with van der Waals surface area (Å²) in [5.41, 5.74) is 5.21. The zero-order valence-corrected chi connectivity index (χ0v) is 20.6. The van der Waals surface area contributed by atoms with Crippen molar-refractivity contribution in [2.75, 3.05) is 14.2 Å². The van der Waals surface area contributed by atoms with E-state index in [-0.39, 0.29) is 18.2 Å². The van der Waals surface area contributed by atoms with Crippen molar-refractivity contribution < 1.29 is 19.4 Å². The normalized spacial score (nSPS) is 11.4. The van der Waals surface area contributed by atoms with Crippen molar-refractivity contribution in [2.24, 2.45) is 5.10 Å². The predicted molar refractivity (Wildman–Crippen MR) is 141 cm³/mol. The molecular formula is C27H24N4O4S. The minimum absolute atomic E-state index is 0.0406. The van der Waals surface area contributed by atoms with Crippen molar-refractivity contribution >= 4 is 44.6 Å². The minimum Gasteiger partial charge on any atom is -0.506 e. The smallest absolute Gasteiger partial charge is 0.260 e. The molecule has 0 aliphatic heterocycles. The predicted octanol–water partition coefficient (Wildman–Crippen LogP) is 4.71. The summed E-state index contributed by atoms with van der Waals surface area (Å²) >= 11 is 1.41. The number of imidazole rings is 1. The summed E-state index contributed by atoms with van der Waals surface area (Å²) in [6, 6.07) is 21.0. The maximum Gasteiger partial charge on any atom is 0.260 e. The fraction of sp³-hybridized carbons (Fsp3) is 0.148. The van der Waals surface area contributed by atoms with Crippen LogP contribution in [0.5, 0.6) is 17.2 Å². The maximum absolute atomic E-state index is 12.8. The van der Waals surface area contributed by atoms with Gasteiger partial charge in [0.05, 0.1) is 36.3 Å². The molecule has 1 amide bonds. The molecule has 0 radical (unpaired) electrons. The van der Waals surface area contributed by atoms with E-state index in [1.165, 1.54) is 17.6 Å². The summed E-state index contributed by atoms with van der Waals surface area (Å²) in [6.07, 6.45) is 1.97. The Labute approximate surface area is 211 Å². The third-order valence-corrected chi connectivity index (χ3v) is 6.91. The number of aromatic hydroxyl groups is 1. The van der Waals surface area contributed by atoms with Crippen LogP contribution in [-0.4, -0.2) is 41.0 Å². The highest BCUT2D eigenvalue weighted by molar-refractivity contribution is 7.21. The average Bonchev–Trinajstić information content (AvgIpc) is 3.40. The number of carbonyl (C=O) groups is 1. The molecule has 0 atom stereocenters. The molecule has 36 heavy (non-hydrogen) atoms. The number of ether oxygens (including phenoxy) is 2. The first-order valence-corrected chi connectivity index (χ1v) is 12.1. The zero-order chi connectivity index (χ0) is 25.1. The molecule has 5 rings (SSSR count). The number of fused-ring (bicyclic) bond motifs is 2. The highest BCUT2D eigenvalue weighted by Crippen LogP contribution is 2.35. The van der Waals surface area contributed by atoms with E-state index in [1.807, 2.05) is 71.3 Å². The molecule has 2 N–H and O–H groups in total. The largest absolute Gasteiger partial charge is 0.506 e. The van der Waals surface area contributed by atoms with Gasteiger partial charge in [-0.25, -0.2) is 10.4 Å². The van der Waals surface area contributed by atoms with Gasteiger partial charge in [-0.15, -0.1) is 11.3 Å². The number of carbonyl (C=O) groups excluding carboxylic acids is 1. The van der Waals surface area contributed by atoms with Gasteiger partial charge >= 0.3 is 0 Å². The molecule has 0 aliphatic carbocycles. The number of methoxy groups -OCH3 is 2. The van der Waals surface area contributed by atoms with Gasteiger partial charge in [-0.3, -0.25) is 4.79 Å². The maximum atomic E-state index is 12.8. The van der Waals surface area contributed by atoms with Crippen LogP contribution in [0.1, 0.15) is 16.3 Å². The van der Waals surface area contributed by atoms with Crippen molar-refractivity contribution in [1.82, 2.24) is 15.0 Å². The van der Waals surface area contributed by atoms with Gasteiger partial charge in [0.15, 0.2) is 11.5 Å². The number of rotatable bonds is 8. The first-order valence-electron chi connectivity index (χ1n) is 11.2. The van der Waals surface area contributed by atoms with Gasteiger partial charge in [0.25, 0.3) is 5.91 Å². The molecule has 0 saturated carbocycles. The van der Waals surface area contributed by atoms with Gasteiger partial charge in [0.2, 0.25) is 0 Å². The van der Waals surface area contributed by atoms with E-state index >= 15 is 0 Å². The van der Waals surface area contributed by atoms with Crippen LogP contribution < -0.4 is 14.9 Å². The third kappa shape index (κ3) is 4.60. The molecule has 5 aromatic rings. The molecule has 0 fully saturated rings. The lowest BCUT2D eigenvalue weighted by molar-refractivity contribution is -0.121. The van der Waals surface area contributed by atoms with Crippen molar-refractivity contribution in [1.29, 1.82) is 0 Å². The number of amides is 1. The number of hydrogen-bond donors (Lipinski definition) is 2. The highest BCUT2D eigenvalue weighted by Gasteiger charge is 2.15. The molecule has 0 unspecified atom stereocenters. The molecule has 3 aromatic carbocycles. The van der Waals surface area contributed by atoms with Crippen LogP contribution in [0.25, 0.3) is 21.1 Å². The van der Waals surface area contributed by atoms with Crippen LogP contribution in [0, 0.1) is 0 Å². The lowest BCUT2D eigenvalue weighted by atomic mass is 10.1. The van der Waals surface area contributed by atoms with Gasteiger partial charge in [-0.1, -0.05) is 30.3 Å². The van der Waals surface area contributed by atoms with Crippen LogP contribution in [0.15, 0.2) is 71.8 Å². The second-order valence-electron chi connectivity index (χ2n) is 8.07. The van der Waals surface area contributed by atoms with Crippen molar-refractivity contribution in [3.8, 4) is 17.2 Å². The van der Waals surface area contributed by atoms with Crippen LogP contribution in [0.2, 0.25) is 0 Å². The Bertz CT molecular complexity index is 1590. The molecule has 8 nitrogen and oxygen atoms in total. The molecular weight excluding hydrogens is 476 g/mol. The van der Waals surface area contributed by atoms with Gasteiger partial charge in [-0.05, 0) is 42.0 Å². The second kappa shape index (κ2) is 10.1. The van der Waals surface area contributed by atoms with Gasteiger partial charge in [0, 0.05) is 16.5 Å². The quantitative estimate of drug-likeness (QED) is 0.237. The van der Waals surface area contributed by atoms with Gasteiger partial charge in [-0.2, -0.15) is 5.10 Å². The lowest BCUT2D eigenvalue weighted by Crippen LogP contribution is -2.24. The number of aromatic nitrogens is 2.